The second-order valence-electron chi connectivity index (χ2n) is 9.62. The third-order valence-corrected chi connectivity index (χ3v) is 6.62. The molecule has 0 atom stereocenters. The molecular formula is C34H45F3N4. The predicted octanol–water partition coefficient (Wildman–Crippen LogP) is 10.0. The Bertz CT molecular complexity index is 1250. The van der Waals surface area contributed by atoms with Crippen molar-refractivity contribution in [2.24, 2.45) is 0 Å². The molecule has 4 nitrogen and oxygen atoms in total. The molecule has 0 saturated carbocycles. The molecule has 0 aliphatic carbocycles. The minimum absolute atomic E-state index is 0.277. The summed E-state index contributed by atoms with van der Waals surface area (Å²) < 4.78 is 42.0. The summed E-state index contributed by atoms with van der Waals surface area (Å²) in [4.78, 5) is 6.45. The fourth-order valence-corrected chi connectivity index (χ4v) is 4.64. The first-order chi connectivity index (χ1) is 19.7. The Balaban J connectivity index is 0.00000287. The van der Waals surface area contributed by atoms with Gasteiger partial charge < -0.3 is 10.6 Å². The smallest absolute Gasteiger partial charge is 0.342 e. The van der Waals surface area contributed by atoms with Crippen LogP contribution in [0.2, 0.25) is 0 Å². The van der Waals surface area contributed by atoms with E-state index < -0.39 is 11.7 Å². The number of benzene rings is 2. The van der Waals surface area contributed by atoms with E-state index in [1.165, 1.54) is 6.07 Å². The highest BCUT2D eigenvalue weighted by atomic mass is 19.4. The van der Waals surface area contributed by atoms with E-state index in [0.29, 0.717) is 11.5 Å². The highest BCUT2D eigenvalue weighted by Crippen LogP contribution is 2.35. The minimum atomic E-state index is -4.45. The molecule has 0 aliphatic rings. The second kappa shape index (κ2) is 16.6. The molecule has 0 bridgehead atoms. The van der Waals surface area contributed by atoms with Crippen LogP contribution in [0.3, 0.4) is 0 Å². The van der Waals surface area contributed by atoms with Crippen LogP contribution < -0.4 is 10.6 Å². The number of unbranched alkanes of at least 4 members (excludes halogenated alkanes) is 1. The SMILES string of the molecule is C=Cc1c(CC)cncc1-c1ccc(NC(=C)Nc2ccc(CN(CCC)CCCC)c(C(F)(F)F)c2)cc1.CC. The molecule has 1 aromatic heterocycles. The average Bonchev–Trinajstić information content (AvgIpc) is 2.97. The predicted molar refractivity (Wildman–Crippen MR) is 169 cm³/mol. The van der Waals surface area contributed by atoms with Gasteiger partial charge in [0.05, 0.1) is 5.56 Å². The van der Waals surface area contributed by atoms with Gasteiger partial charge in [-0.3, -0.25) is 9.88 Å². The van der Waals surface area contributed by atoms with Gasteiger partial charge in [-0.05, 0) is 78.9 Å². The van der Waals surface area contributed by atoms with Crippen molar-refractivity contribution in [3.8, 4) is 11.1 Å². The van der Waals surface area contributed by atoms with Crippen LogP contribution in [0.25, 0.3) is 17.2 Å². The van der Waals surface area contributed by atoms with Crippen LogP contribution >= 0.6 is 0 Å². The van der Waals surface area contributed by atoms with Crippen LogP contribution in [0.5, 0.6) is 0 Å². The summed E-state index contributed by atoms with van der Waals surface area (Å²) in [6, 6.07) is 12.1. The zero-order valence-corrected chi connectivity index (χ0v) is 25.2. The molecular weight excluding hydrogens is 521 g/mol. The fraction of sp³-hybridized carbons (Fsp3) is 0.382. The van der Waals surface area contributed by atoms with Gasteiger partial charge in [-0.1, -0.05) is 78.5 Å². The lowest BCUT2D eigenvalue weighted by molar-refractivity contribution is -0.138. The summed E-state index contributed by atoms with van der Waals surface area (Å²) >= 11 is 0. The topological polar surface area (TPSA) is 40.2 Å². The molecule has 2 N–H and O–H groups in total. The van der Waals surface area contributed by atoms with E-state index in [1.54, 1.807) is 12.1 Å². The molecule has 0 radical (unpaired) electrons. The van der Waals surface area contributed by atoms with E-state index >= 15 is 0 Å². The number of anilines is 2. The molecule has 7 heteroatoms. The van der Waals surface area contributed by atoms with Crippen molar-refractivity contribution in [3.63, 3.8) is 0 Å². The van der Waals surface area contributed by atoms with Gasteiger partial charge in [-0.25, -0.2) is 0 Å². The van der Waals surface area contributed by atoms with Gasteiger partial charge in [-0.15, -0.1) is 0 Å². The van der Waals surface area contributed by atoms with Crippen molar-refractivity contribution in [3.05, 3.63) is 96.1 Å². The van der Waals surface area contributed by atoms with Gasteiger partial charge in [0, 0.05) is 35.9 Å². The Morgan fingerprint density at radius 3 is 2.15 bits per heavy atom. The van der Waals surface area contributed by atoms with E-state index in [4.69, 9.17) is 0 Å². The van der Waals surface area contributed by atoms with Gasteiger partial charge in [-0.2, -0.15) is 13.2 Å². The summed E-state index contributed by atoms with van der Waals surface area (Å²) in [6.07, 6.45) is 4.81. The molecule has 0 spiro atoms. The molecule has 41 heavy (non-hydrogen) atoms. The molecule has 3 aromatic rings. The lowest BCUT2D eigenvalue weighted by Crippen LogP contribution is -2.26. The largest absolute Gasteiger partial charge is 0.416 e. The molecule has 3 rings (SSSR count). The number of nitrogens with zero attached hydrogens (tertiary/aromatic N) is 2. The number of alkyl halides is 3. The number of hydrogen-bond acceptors (Lipinski definition) is 4. The zero-order chi connectivity index (χ0) is 30.4. The van der Waals surface area contributed by atoms with Crippen LogP contribution in [0.4, 0.5) is 24.5 Å². The highest BCUT2D eigenvalue weighted by Gasteiger charge is 2.34. The van der Waals surface area contributed by atoms with Gasteiger partial charge in [0.25, 0.3) is 0 Å². The number of aryl methyl sites for hydroxylation is 1. The van der Waals surface area contributed by atoms with Crippen LogP contribution in [0.1, 0.15) is 76.1 Å². The fourth-order valence-electron chi connectivity index (χ4n) is 4.64. The third-order valence-electron chi connectivity index (χ3n) is 6.62. The lowest BCUT2D eigenvalue weighted by atomic mass is 9.97. The summed E-state index contributed by atoms with van der Waals surface area (Å²) in [5.74, 6) is 0.376. The van der Waals surface area contributed by atoms with E-state index in [2.05, 4.69) is 47.5 Å². The van der Waals surface area contributed by atoms with E-state index in [1.807, 2.05) is 63.5 Å². The maximum atomic E-state index is 14.0. The van der Waals surface area contributed by atoms with Crippen molar-refractivity contribution in [2.75, 3.05) is 23.7 Å². The number of hydrogen-bond donors (Lipinski definition) is 2. The third kappa shape index (κ3) is 9.78. The van der Waals surface area contributed by atoms with E-state index in [9.17, 15) is 13.2 Å². The zero-order valence-electron chi connectivity index (χ0n) is 25.2. The highest BCUT2D eigenvalue weighted by molar-refractivity contribution is 5.77. The van der Waals surface area contributed by atoms with E-state index in [0.717, 1.165) is 66.7 Å². The van der Waals surface area contributed by atoms with Gasteiger partial charge in [0.2, 0.25) is 0 Å². The van der Waals surface area contributed by atoms with Gasteiger partial charge >= 0.3 is 6.18 Å². The Kier molecular flexibility index (Phi) is 13.6. The second-order valence-corrected chi connectivity index (χ2v) is 9.62. The lowest BCUT2D eigenvalue weighted by Gasteiger charge is -2.24. The maximum absolute atomic E-state index is 14.0. The molecule has 0 saturated heterocycles. The number of rotatable bonds is 14. The summed E-state index contributed by atoms with van der Waals surface area (Å²) in [7, 11) is 0. The standard InChI is InChI=1S/C32H39F3N4.C2H6/c1-6-10-18-39(17-7-2)22-26-13-16-28(19-31(26)32(33,34)35)38-23(5)37-27-14-11-25(12-15-27)30-21-36-20-24(8-3)29(30)9-4;1-2/h9,11-16,19-21,37-38H,4-8,10,17-18,22H2,1-3H3;1-2H3. The molecule has 1 heterocycles. The molecule has 0 amide bonds. The number of nitrogens with one attached hydrogen (secondary N) is 2. The van der Waals surface area contributed by atoms with Gasteiger partial charge in [0.1, 0.15) is 5.82 Å². The molecule has 222 valence electrons. The Hall–Kier alpha value is -3.58. The maximum Gasteiger partial charge on any atom is 0.416 e. The first-order valence-electron chi connectivity index (χ1n) is 14.5. The van der Waals surface area contributed by atoms with Crippen LogP contribution in [-0.2, 0) is 19.1 Å². The quantitative estimate of drug-likeness (QED) is 0.204. The normalized spacial score (nSPS) is 11.0. The number of aromatic nitrogens is 1. The van der Waals surface area contributed by atoms with Crippen molar-refractivity contribution in [2.45, 2.75) is 73.0 Å². The monoisotopic (exact) mass is 566 g/mol. The van der Waals surface area contributed by atoms with Crippen LogP contribution in [0.15, 0.2) is 73.8 Å². The number of pyridine rings is 1. The molecule has 2 aromatic carbocycles. The Morgan fingerprint density at radius 2 is 1.56 bits per heavy atom. The van der Waals surface area contributed by atoms with Crippen molar-refractivity contribution >= 4 is 17.5 Å². The van der Waals surface area contributed by atoms with Gasteiger partial charge in [0.15, 0.2) is 0 Å². The molecule has 0 aliphatic heterocycles. The van der Waals surface area contributed by atoms with Crippen molar-refractivity contribution in [1.29, 1.82) is 0 Å². The summed E-state index contributed by atoms with van der Waals surface area (Å²) in [6.45, 7) is 20.0. The molecule has 0 unspecified atom stereocenters. The molecule has 0 fully saturated rings. The first kappa shape index (κ1) is 33.6. The van der Waals surface area contributed by atoms with Crippen molar-refractivity contribution < 1.29 is 13.2 Å². The Morgan fingerprint density at radius 1 is 0.902 bits per heavy atom. The average molecular weight is 567 g/mol. The summed E-state index contributed by atoms with van der Waals surface area (Å²) in [5, 5.41) is 6.11. The summed E-state index contributed by atoms with van der Waals surface area (Å²) in [5.41, 5.74) is 4.94. The first-order valence-corrected chi connectivity index (χ1v) is 14.5. The number of halogens is 3. The van der Waals surface area contributed by atoms with Crippen molar-refractivity contribution in [1.82, 2.24) is 9.88 Å². The van der Waals surface area contributed by atoms with E-state index in [-0.39, 0.29) is 12.1 Å². The van der Waals surface area contributed by atoms with Crippen LogP contribution in [0, 0.1) is 0 Å². The Labute approximate surface area is 244 Å². The van der Waals surface area contributed by atoms with Crippen LogP contribution in [-0.4, -0.2) is 23.0 Å². The minimum Gasteiger partial charge on any atom is -0.342 e.